The lowest BCUT2D eigenvalue weighted by Crippen LogP contribution is -2.37. The maximum Gasteiger partial charge on any atom is 0.261 e. The van der Waals surface area contributed by atoms with E-state index in [0.717, 1.165) is 32.5 Å². The molecule has 2 amide bonds. The molecular formula is C21H31N5O3. The van der Waals surface area contributed by atoms with Crippen molar-refractivity contribution in [3.63, 3.8) is 0 Å². The van der Waals surface area contributed by atoms with E-state index in [1.54, 1.807) is 18.2 Å². The quantitative estimate of drug-likeness (QED) is 0.556. The second-order valence-electron chi connectivity index (χ2n) is 6.93. The SMILES string of the molecule is CCCCN(CC)CCNC(=O)CCNC(=O)Cn1cnc2ccccc2c1=O. The van der Waals surface area contributed by atoms with E-state index in [2.05, 4.69) is 34.4 Å². The van der Waals surface area contributed by atoms with Crippen LogP contribution < -0.4 is 16.2 Å². The number of amides is 2. The lowest BCUT2D eigenvalue weighted by atomic mass is 10.2. The zero-order chi connectivity index (χ0) is 21.1. The molecule has 0 saturated carbocycles. The Bertz CT molecular complexity index is 865. The summed E-state index contributed by atoms with van der Waals surface area (Å²) in [7, 11) is 0. The topological polar surface area (TPSA) is 96.3 Å². The van der Waals surface area contributed by atoms with E-state index in [9.17, 15) is 14.4 Å². The second kappa shape index (κ2) is 12.0. The van der Waals surface area contributed by atoms with Gasteiger partial charge in [-0.2, -0.15) is 0 Å². The summed E-state index contributed by atoms with van der Waals surface area (Å²) in [5.41, 5.74) is 0.342. The molecular weight excluding hydrogens is 370 g/mol. The van der Waals surface area contributed by atoms with Crippen LogP contribution in [0.4, 0.5) is 0 Å². The normalized spacial score (nSPS) is 11.0. The van der Waals surface area contributed by atoms with Crippen molar-refractivity contribution >= 4 is 22.7 Å². The summed E-state index contributed by atoms with van der Waals surface area (Å²) in [4.78, 5) is 42.9. The summed E-state index contributed by atoms with van der Waals surface area (Å²) in [6.45, 7) is 7.82. The van der Waals surface area contributed by atoms with Crippen LogP contribution in [0.5, 0.6) is 0 Å². The standard InChI is InChI=1S/C21H31N5O3/c1-3-5-13-25(4-2)14-12-23-19(27)10-11-22-20(28)15-26-16-24-18-9-7-6-8-17(18)21(26)29/h6-9,16H,3-5,10-15H2,1-2H3,(H,22,28)(H,23,27). The number of carbonyl (C=O) groups excluding carboxylic acids is 2. The predicted octanol–water partition coefficient (Wildman–Crippen LogP) is 1.14. The molecule has 2 rings (SSSR count). The number of nitrogens with one attached hydrogen (secondary N) is 2. The minimum atomic E-state index is -0.325. The Labute approximate surface area is 171 Å². The number of hydrogen-bond donors (Lipinski definition) is 2. The molecule has 1 heterocycles. The molecule has 29 heavy (non-hydrogen) atoms. The molecule has 0 aliphatic rings. The molecule has 8 heteroatoms. The van der Waals surface area contributed by atoms with E-state index in [-0.39, 0.29) is 36.9 Å². The van der Waals surface area contributed by atoms with Gasteiger partial charge in [0.2, 0.25) is 11.8 Å². The second-order valence-corrected chi connectivity index (χ2v) is 6.93. The van der Waals surface area contributed by atoms with Crippen molar-refractivity contribution in [3.8, 4) is 0 Å². The Morgan fingerprint density at radius 1 is 1.07 bits per heavy atom. The number of unbranched alkanes of at least 4 members (excludes halogenated alkanes) is 1. The van der Waals surface area contributed by atoms with Crippen LogP contribution in [0.1, 0.15) is 33.1 Å². The number of carbonyl (C=O) groups is 2. The first-order valence-electron chi connectivity index (χ1n) is 10.2. The van der Waals surface area contributed by atoms with Gasteiger partial charge >= 0.3 is 0 Å². The monoisotopic (exact) mass is 401 g/mol. The fourth-order valence-electron chi connectivity index (χ4n) is 3.00. The maximum absolute atomic E-state index is 12.4. The van der Waals surface area contributed by atoms with E-state index < -0.39 is 0 Å². The number of rotatable bonds is 12. The number of aromatic nitrogens is 2. The molecule has 0 fully saturated rings. The maximum atomic E-state index is 12.4. The van der Waals surface area contributed by atoms with Gasteiger partial charge in [0.25, 0.3) is 5.56 Å². The third-order valence-electron chi connectivity index (χ3n) is 4.75. The first-order chi connectivity index (χ1) is 14.0. The van der Waals surface area contributed by atoms with Crippen LogP contribution in [-0.4, -0.2) is 59.0 Å². The summed E-state index contributed by atoms with van der Waals surface area (Å²) in [6.07, 6.45) is 3.89. The van der Waals surface area contributed by atoms with Gasteiger partial charge in [-0.05, 0) is 31.6 Å². The van der Waals surface area contributed by atoms with Gasteiger partial charge in [-0.3, -0.25) is 19.0 Å². The first kappa shape index (κ1) is 22.5. The zero-order valence-electron chi connectivity index (χ0n) is 17.3. The van der Waals surface area contributed by atoms with Gasteiger partial charge in [0.1, 0.15) is 6.54 Å². The predicted molar refractivity (Wildman–Crippen MR) is 114 cm³/mol. The molecule has 0 radical (unpaired) electrons. The van der Waals surface area contributed by atoms with E-state index >= 15 is 0 Å². The number of para-hydroxylation sites is 1. The van der Waals surface area contributed by atoms with Crippen molar-refractivity contribution in [3.05, 3.63) is 40.9 Å². The van der Waals surface area contributed by atoms with Crippen LogP contribution in [0.15, 0.2) is 35.4 Å². The minimum absolute atomic E-state index is 0.0959. The number of likely N-dealkylation sites (N-methyl/N-ethyl adjacent to an activating group) is 1. The van der Waals surface area contributed by atoms with Gasteiger partial charge in [-0.1, -0.05) is 32.4 Å². The van der Waals surface area contributed by atoms with Crippen LogP contribution in [0, 0.1) is 0 Å². The molecule has 0 atom stereocenters. The van der Waals surface area contributed by atoms with Crippen molar-refractivity contribution in [1.29, 1.82) is 0 Å². The molecule has 1 aromatic carbocycles. The average Bonchev–Trinajstić information content (AvgIpc) is 2.72. The van der Waals surface area contributed by atoms with Crippen molar-refractivity contribution in [2.45, 2.75) is 39.7 Å². The molecule has 0 spiro atoms. The fourth-order valence-corrected chi connectivity index (χ4v) is 3.00. The summed E-state index contributed by atoms with van der Waals surface area (Å²) >= 11 is 0. The van der Waals surface area contributed by atoms with Gasteiger partial charge in [0.05, 0.1) is 17.2 Å². The average molecular weight is 402 g/mol. The zero-order valence-corrected chi connectivity index (χ0v) is 17.3. The highest BCUT2D eigenvalue weighted by molar-refractivity contribution is 5.80. The first-order valence-corrected chi connectivity index (χ1v) is 10.2. The third-order valence-corrected chi connectivity index (χ3v) is 4.75. The Hall–Kier alpha value is -2.74. The highest BCUT2D eigenvalue weighted by atomic mass is 16.2. The number of hydrogen-bond acceptors (Lipinski definition) is 5. The molecule has 158 valence electrons. The molecule has 2 N–H and O–H groups in total. The van der Waals surface area contributed by atoms with Gasteiger partial charge in [0.15, 0.2) is 0 Å². The van der Waals surface area contributed by atoms with E-state index in [1.807, 2.05) is 6.07 Å². The van der Waals surface area contributed by atoms with Crippen molar-refractivity contribution in [2.75, 3.05) is 32.7 Å². The number of nitrogens with zero attached hydrogens (tertiary/aromatic N) is 3. The van der Waals surface area contributed by atoms with Crippen LogP contribution in [0.3, 0.4) is 0 Å². The number of fused-ring (bicyclic) bond motifs is 1. The van der Waals surface area contributed by atoms with E-state index in [1.165, 1.54) is 10.9 Å². The van der Waals surface area contributed by atoms with Crippen LogP contribution >= 0.6 is 0 Å². The van der Waals surface area contributed by atoms with Crippen LogP contribution in [0.2, 0.25) is 0 Å². The molecule has 0 saturated heterocycles. The Morgan fingerprint density at radius 2 is 1.83 bits per heavy atom. The van der Waals surface area contributed by atoms with Crippen LogP contribution in [-0.2, 0) is 16.1 Å². The van der Waals surface area contributed by atoms with E-state index in [4.69, 9.17) is 0 Å². The molecule has 1 aromatic heterocycles. The summed E-state index contributed by atoms with van der Waals surface area (Å²) in [6, 6.07) is 7.01. The minimum Gasteiger partial charge on any atom is -0.355 e. The fraction of sp³-hybridized carbons (Fsp3) is 0.524. The van der Waals surface area contributed by atoms with Gasteiger partial charge in [0, 0.05) is 26.1 Å². The van der Waals surface area contributed by atoms with E-state index in [0.29, 0.717) is 17.4 Å². The third kappa shape index (κ3) is 7.30. The van der Waals surface area contributed by atoms with Crippen molar-refractivity contribution < 1.29 is 9.59 Å². The largest absolute Gasteiger partial charge is 0.355 e. The van der Waals surface area contributed by atoms with Crippen molar-refractivity contribution in [1.82, 2.24) is 25.1 Å². The number of benzene rings is 1. The molecule has 8 nitrogen and oxygen atoms in total. The molecule has 0 bridgehead atoms. The Morgan fingerprint density at radius 3 is 2.59 bits per heavy atom. The lowest BCUT2D eigenvalue weighted by molar-refractivity contribution is -0.122. The summed E-state index contributed by atoms with van der Waals surface area (Å²) < 4.78 is 1.27. The summed E-state index contributed by atoms with van der Waals surface area (Å²) in [5.74, 6) is -0.421. The highest BCUT2D eigenvalue weighted by Crippen LogP contribution is 2.04. The van der Waals surface area contributed by atoms with Gasteiger partial charge in [-0.25, -0.2) is 4.98 Å². The lowest BCUT2D eigenvalue weighted by Gasteiger charge is -2.20. The highest BCUT2D eigenvalue weighted by Gasteiger charge is 2.09. The molecule has 0 unspecified atom stereocenters. The summed E-state index contributed by atoms with van der Waals surface area (Å²) in [5, 5.41) is 6.03. The molecule has 0 aliphatic carbocycles. The smallest absolute Gasteiger partial charge is 0.261 e. The Balaban J connectivity index is 1.70. The molecule has 2 aromatic rings. The Kier molecular flexibility index (Phi) is 9.30. The van der Waals surface area contributed by atoms with Gasteiger partial charge < -0.3 is 15.5 Å². The van der Waals surface area contributed by atoms with Crippen molar-refractivity contribution in [2.24, 2.45) is 0 Å². The molecule has 0 aliphatic heterocycles. The van der Waals surface area contributed by atoms with Crippen LogP contribution in [0.25, 0.3) is 10.9 Å². The van der Waals surface area contributed by atoms with Gasteiger partial charge in [-0.15, -0.1) is 0 Å².